The van der Waals surface area contributed by atoms with E-state index >= 15 is 0 Å². The highest BCUT2D eigenvalue weighted by molar-refractivity contribution is 6.42. The van der Waals surface area contributed by atoms with Gasteiger partial charge in [-0.3, -0.25) is 9.89 Å². The quantitative estimate of drug-likeness (QED) is 0.792. The Bertz CT molecular complexity index is 611. The zero-order valence-corrected chi connectivity index (χ0v) is 12.0. The smallest absolute Gasteiger partial charge is 0.261 e. The van der Waals surface area contributed by atoms with Crippen LogP contribution in [-0.4, -0.2) is 16.1 Å². The van der Waals surface area contributed by atoms with Crippen molar-refractivity contribution in [1.82, 2.24) is 10.2 Å². The Kier molecular flexibility index (Phi) is 3.89. The molecular formula is C11H9Cl3N4O. The molecular weight excluding hydrogens is 311 g/mol. The van der Waals surface area contributed by atoms with E-state index in [1.54, 1.807) is 6.92 Å². The van der Waals surface area contributed by atoms with Crippen molar-refractivity contribution in [2.75, 3.05) is 11.1 Å². The van der Waals surface area contributed by atoms with Crippen LogP contribution in [0.5, 0.6) is 0 Å². The Labute approximate surface area is 124 Å². The van der Waals surface area contributed by atoms with Gasteiger partial charge in [0.2, 0.25) is 0 Å². The molecule has 5 nitrogen and oxygen atoms in total. The Morgan fingerprint density at radius 2 is 1.89 bits per heavy atom. The van der Waals surface area contributed by atoms with Gasteiger partial charge in [0.05, 0.1) is 15.7 Å². The van der Waals surface area contributed by atoms with Crippen molar-refractivity contribution in [3.63, 3.8) is 0 Å². The molecule has 1 aromatic carbocycles. The molecule has 0 unspecified atom stereocenters. The summed E-state index contributed by atoms with van der Waals surface area (Å²) in [5.41, 5.74) is 6.69. The summed E-state index contributed by atoms with van der Waals surface area (Å²) in [5, 5.41) is 9.81. The molecule has 0 radical (unpaired) electrons. The summed E-state index contributed by atoms with van der Waals surface area (Å²) >= 11 is 17.8. The standard InChI is InChI=1S/C11H9Cl3N4O/c1-4-8(10(15)18-17-4)11(19)16-9-6(13)2-5(12)3-7(9)14/h2-3H,1H3,(H,16,19)(H3,15,17,18). The summed E-state index contributed by atoms with van der Waals surface area (Å²) < 4.78 is 0. The lowest BCUT2D eigenvalue weighted by molar-refractivity contribution is 0.102. The van der Waals surface area contributed by atoms with E-state index < -0.39 is 5.91 Å². The normalized spacial score (nSPS) is 10.5. The molecule has 100 valence electrons. The fraction of sp³-hybridized carbons (Fsp3) is 0.0909. The molecule has 1 amide bonds. The predicted molar refractivity (Wildman–Crippen MR) is 77.2 cm³/mol. The average Bonchev–Trinajstić information content (AvgIpc) is 2.63. The lowest BCUT2D eigenvalue weighted by Gasteiger charge is -2.09. The van der Waals surface area contributed by atoms with Crippen molar-refractivity contribution >= 4 is 52.2 Å². The van der Waals surface area contributed by atoms with Crippen LogP contribution < -0.4 is 11.1 Å². The van der Waals surface area contributed by atoms with Gasteiger partial charge >= 0.3 is 0 Å². The number of carbonyl (C=O) groups excluding carboxylic acids is 1. The van der Waals surface area contributed by atoms with Gasteiger partial charge in [0.25, 0.3) is 5.91 Å². The second kappa shape index (κ2) is 5.28. The molecule has 0 fully saturated rings. The number of nitrogen functional groups attached to an aromatic ring is 1. The van der Waals surface area contributed by atoms with Gasteiger partial charge in [-0.2, -0.15) is 5.10 Å². The van der Waals surface area contributed by atoms with E-state index in [0.29, 0.717) is 10.7 Å². The number of aromatic amines is 1. The molecule has 4 N–H and O–H groups in total. The monoisotopic (exact) mass is 318 g/mol. The van der Waals surface area contributed by atoms with Crippen LogP contribution >= 0.6 is 34.8 Å². The Balaban J connectivity index is 2.35. The van der Waals surface area contributed by atoms with Crippen molar-refractivity contribution in [3.05, 3.63) is 38.5 Å². The zero-order valence-electron chi connectivity index (χ0n) is 9.72. The van der Waals surface area contributed by atoms with E-state index in [9.17, 15) is 4.79 Å². The highest BCUT2D eigenvalue weighted by atomic mass is 35.5. The van der Waals surface area contributed by atoms with E-state index in [1.807, 2.05) is 0 Å². The van der Waals surface area contributed by atoms with Crippen molar-refractivity contribution in [2.24, 2.45) is 0 Å². The number of hydrogen-bond donors (Lipinski definition) is 3. The molecule has 1 heterocycles. The Morgan fingerprint density at radius 1 is 1.32 bits per heavy atom. The number of hydrogen-bond acceptors (Lipinski definition) is 3. The SMILES string of the molecule is Cc1[nH]nc(N)c1C(=O)Nc1c(Cl)cc(Cl)cc1Cl. The van der Waals surface area contributed by atoms with Crippen LogP contribution in [-0.2, 0) is 0 Å². The van der Waals surface area contributed by atoms with E-state index in [2.05, 4.69) is 15.5 Å². The Hall–Kier alpha value is -1.43. The average molecular weight is 320 g/mol. The number of nitrogens with zero attached hydrogens (tertiary/aromatic N) is 1. The molecule has 0 aliphatic rings. The number of nitrogens with two attached hydrogens (primary N) is 1. The minimum Gasteiger partial charge on any atom is -0.382 e. The lowest BCUT2D eigenvalue weighted by Crippen LogP contribution is -2.15. The first-order valence-electron chi connectivity index (χ1n) is 5.16. The predicted octanol–water partition coefficient (Wildman–Crippen LogP) is 3.51. The molecule has 0 aliphatic heterocycles. The molecule has 0 aliphatic carbocycles. The van der Waals surface area contributed by atoms with Crippen LogP contribution in [0.2, 0.25) is 15.1 Å². The van der Waals surface area contributed by atoms with Crippen molar-refractivity contribution < 1.29 is 4.79 Å². The molecule has 8 heteroatoms. The largest absolute Gasteiger partial charge is 0.382 e. The first-order valence-corrected chi connectivity index (χ1v) is 6.30. The lowest BCUT2D eigenvalue weighted by atomic mass is 10.2. The topological polar surface area (TPSA) is 83.8 Å². The third kappa shape index (κ3) is 2.78. The van der Waals surface area contributed by atoms with Gasteiger partial charge in [-0.1, -0.05) is 34.8 Å². The van der Waals surface area contributed by atoms with Crippen LogP contribution in [0.3, 0.4) is 0 Å². The molecule has 0 spiro atoms. The number of anilines is 2. The van der Waals surface area contributed by atoms with Crippen LogP contribution in [0, 0.1) is 6.92 Å². The molecule has 19 heavy (non-hydrogen) atoms. The van der Waals surface area contributed by atoms with Crippen LogP contribution in [0.15, 0.2) is 12.1 Å². The Morgan fingerprint density at radius 3 is 2.37 bits per heavy atom. The van der Waals surface area contributed by atoms with Crippen molar-refractivity contribution in [3.8, 4) is 0 Å². The summed E-state index contributed by atoms with van der Waals surface area (Å²) in [7, 11) is 0. The van der Waals surface area contributed by atoms with Gasteiger partial charge in [-0.25, -0.2) is 0 Å². The van der Waals surface area contributed by atoms with E-state index in [0.717, 1.165) is 0 Å². The van der Waals surface area contributed by atoms with Gasteiger partial charge in [-0.15, -0.1) is 0 Å². The molecule has 0 saturated heterocycles. The minimum atomic E-state index is -0.449. The number of carbonyl (C=O) groups is 1. The summed E-state index contributed by atoms with van der Waals surface area (Å²) in [6.45, 7) is 1.68. The van der Waals surface area contributed by atoms with Gasteiger partial charge < -0.3 is 11.1 Å². The van der Waals surface area contributed by atoms with Gasteiger partial charge in [0.15, 0.2) is 5.82 Å². The summed E-state index contributed by atoms with van der Waals surface area (Å²) in [5.74, 6) is -0.342. The number of nitrogens with one attached hydrogen (secondary N) is 2. The van der Waals surface area contributed by atoms with Crippen LogP contribution in [0.25, 0.3) is 0 Å². The number of benzene rings is 1. The first kappa shape index (κ1) is 14.0. The van der Waals surface area contributed by atoms with E-state index in [-0.39, 0.29) is 27.1 Å². The maximum Gasteiger partial charge on any atom is 0.261 e. The fourth-order valence-corrected chi connectivity index (χ4v) is 2.48. The van der Waals surface area contributed by atoms with E-state index in [4.69, 9.17) is 40.5 Å². The molecule has 0 saturated carbocycles. The van der Waals surface area contributed by atoms with Crippen LogP contribution in [0.1, 0.15) is 16.1 Å². The number of H-pyrrole nitrogens is 1. The second-order valence-electron chi connectivity index (χ2n) is 3.81. The molecule has 0 bridgehead atoms. The van der Waals surface area contributed by atoms with Gasteiger partial charge in [0, 0.05) is 10.7 Å². The maximum atomic E-state index is 12.1. The van der Waals surface area contributed by atoms with E-state index in [1.165, 1.54) is 12.1 Å². The minimum absolute atomic E-state index is 0.108. The van der Waals surface area contributed by atoms with Crippen molar-refractivity contribution in [2.45, 2.75) is 6.92 Å². The highest BCUT2D eigenvalue weighted by Crippen LogP contribution is 2.34. The number of aryl methyl sites for hydroxylation is 1. The van der Waals surface area contributed by atoms with Gasteiger partial charge in [-0.05, 0) is 19.1 Å². The first-order chi connectivity index (χ1) is 8.90. The number of rotatable bonds is 2. The number of amides is 1. The molecule has 0 atom stereocenters. The molecule has 2 rings (SSSR count). The second-order valence-corrected chi connectivity index (χ2v) is 5.06. The van der Waals surface area contributed by atoms with Crippen LogP contribution in [0.4, 0.5) is 11.5 Å². The summed E-state index contributed by atoms with van der Waals surface area (Å²) in [6.07, 6.45) is 0. The number of halogens is 3. The molecule has 2 aromatic rings. The zero-order chi connectivity index (χ0) is 14.2. The third-order valence-corrected chi connectivity index (χ3v) is 3.26. The maximum absolute atomic E-state index is 12.1. The van der Waals surface area contributed by atoms with Crippen molar-refractivity contribution in [1.29, 1.82) is 0 Å². The summed E-state index contributed by atoms with van der Waals surface area (Å²) in [6, 6.07) is 2.96. The third-order valence-electron chi connectivity index (χ3n) is 2.45. The van der Waals surface area contributed by atoms with Gasteiger partial charge in [0.1, 0.15) is 5.56 Å². The summed E-state index contributed by atoms with van der Waals surface area (Å²) in [4.78, 5) is 12.1. The molecule has 1 aromatic heterocycles. The number of aromatic nitrogens is 2. The fourth-order valence-electron chi connectivity index (χ4n) is 1.57. The highest BCUT2D eigenvalue weighted by Gasteiger charge is 2.18.